The summed E-state index contributed by atoms with van der Waals surface area (Å²) in [6.45, 7) is 2.73. The summed E-state index contributed by atoms with van der Waals surface area (Å²) < 4.78 is 38.4. The van der Waals surface area contributed by atoms with Gasteiger partial charge in [-0.1, -0.05) is 6.07 Å². The SMILES string of the molecule is Cc1nc(Nc2cccc(C(F)(F)F)c2)cc(C(=O)NCCN(C)C)n1. The number of carbonyl (C=O) groups excluding carboxylic acids is 1. The number of nitrogens with one attached hydrogen (secondary N) is 2. The number of nitrogens with zero attached hydrogens (tertiary/aromatic N) is 3. The van der Waals surface area contributed by atoms with Crippen LogP contribution in [-0.4, -0.2) is 48.0 Å². The summed E-state index contributed by atoms with van der Waals surface area (Å²) in [5.74, 6) is 0.207. The second kappa shape index (κ2) is 8.13. The van der Waals surface area contributed by atoms with Gasteiger partial charge in [0.15, 0.2) is 0 Å². The van der Waals surface area contributed by atoms with E-state index in [2.05, 4.69) is 20.6 Å². The van der Waals surface area contributed by atoms with E-state index in [0.717, 1.165) is 12.1 Å². The van der Waals surface area contributed by atoms with Crippen molar-refractivity contribution in [3.8, 4) is 0 Å². The zero-order valence-corrected chi connectivity index (χ0v) is 14.7. The van der Waals surface area contributed by atoms with Crippen molar-refractivity contribution in [2.45, 2.75) is 13.1 Å². The molecule has 0 bridgehead atoms. The second-order valence-corrected chi connectivity index (χ2v) is 5.95. The van der Waals surface area contributed by atoms with Crippen molar-refractivity contribution in [2.75, 3.05) is 32.5 Å². The first-order valence-electron chi connectivity index (χ1n) is 7.88. The zero-order chi connectivity index (χ0) is 19.3. The molecule has 2 N–H and O–H groups in total. The van der Waals surface area contributed by atoms with E-state index in [1.165, 1.54) is 18.2 Å². The standard InChI is InChI=1S/C17H20F3N5O/c1-11-22-14(16(26)21-7-8-25(2)3)10-15(23-11)24-13-6-4-5-12(9-13)17(18,19)20/h4-6,9-10H,7-8H2,1-3H3,(H,21,26)(H,22,23,24). The van der Waals surface area contributed by atoms with Gasteiger partial charge in [0.05, 0.1) is 5.56 Å². The number of anilines is 2. The van der Waals surface area contributed by atoms with Gasteiger partial charge in [0.25, 0.3) is 5.91 Å². The highest BCUT2D eigenvalue weighted by Crippen LogP contribution is 2.31. The lowest BCUT2D eigenvalue weighted by Crippen LogP contribution is -2.32. The third-order valence-electron chi connectivity index (χ3n) is 3.38. The first kappa shape index (κ1) is 19.6. The number of aromatic nitrogens is 2. The number of halogens is 3. The van der Waals surface area contributed by atoms with E-state index in [-0.39, 0.29) is 23.1 Å². The maximum absolute atomic E-state index is 12.8. The number of hydrogen-bond acceptors (Lipinski definition) is 5. The minimum absolute atomic E-state index is 0.144. The molecule has 0 fully saturated rings. The number of hydrogen-bond donors (Lipinski definition) is 2. The van der Waals surface area contributed by atoms with Crippen molar-refractivity contribution < 1.29 is 18.0 Å². The molecule has 0 aliphatic rings. The van der Waals surface area contributed by atoms with Crippen LogP contribution in [-0.2, 0) is 6.18 Å². The molecule has 1 aromatic heterocycles. The number of likely N-dealkylation sites (N-methyl/N-ethyl adjacent to an activating group) is 1. The molecule has 1 aromatic carbocycles. The molecular formula is C17H20F3N5O. The molecule has 9 heteroatoms. The number of amides is 1. The molecule has 0 aliphatic heterocycles. The molecule has 140 valence electrons. The maximum atomic E-state index is 12.8. The first-order chi connectivity index (χ1) is 12.1. The molecule has 0 saturated heterocycles. The lowest BCUT2D eigenvalue weighted by atomic mass is 10.2. The lowest BCUT2D eigenvalue weighted by Gasteiger charge is -2.12. The summed E-state index contributed by atoms with van der Waals surface area (Å²) in [4.78, 5) is 22.3. The predicted molar refractivity (Wildman–Crippen MR) is 92.4 cm³/mol. The monoisotopic (exact) mass is 367 g/mol. The summed E-state index contributed by atoms with van der Waals surface area (Å²) in [7, 11) is 3.77. The van der Waals surface area contributed by atoms with Crippen LogP contribution in [0.3, 0.4) is 0 Å². The van der Waals surface area contributed by atoms with Crippen molar-refractivity contribution in [1.82, 2.24) is 20.2 Å². The molecule has 0 atom stereocenters. The summed E-state index contributed by atoms with van der Waals surface area (Å²) in [5, 5.41) is 5.52. The van der Waals surface area contributed by atoms with Crippen LogP contribution < -0.4 is 10.6 Å². The van der Waals surface area contributed by atoms with Gasteiger partial charge < -0.3 is 15.5 Å². The Morgan fingerprint density at radius 2 is 1.92 bits per heavy atom. The quantitative estimate of drug-likeness (QED) is 0.822. The Bertz CT molecular complexity index is 777. The molecule has 1 amide bonds. The molecule has 0 aliphatic carbocycles. The fourth-order valence-corrected chi connectivity index (χ4v) is 2.15. The van der Waals surface area contributed by atoms with Gasteiger partial charge in [-0.25, -0.2) is 9.97 Å². The van der Waals surface area contributed by atoms with E-state index in [0.29, 0.717) is 18.9 Å². The van der Waals surface area contributed by atoms with Gasteiger partial charge in [-0.15, -0.1) is 0 Å². The molecule has 6 nitrogen and oxygen atoms in total. The van der Waals surface area contributed by atoms with Crippen LogP contribution in [0.4, 0.5) is 24.7 Å². The Hall–Kier alpha value is -2.68. The van der Waals surface area contributed by atoms with Crippen molar-refractivity contribution in [3.63, 3.8) is 0 Å². The van der Waals surface area contributed by atoms with Crippen molar-refractivity contribution in [2.24, 2.45) is 0 Å². The van der Waals surface area contributed by atoms with Crippen LogP contribution in [0.25, 0.3) is 0 Å². The smallest absolute Gasteiger partial charge is 0.349 e. The fraction of sp³-hybridized carbons (Fsp3) is 0.353. The largest absolute Gasteiger partial charge is 0.416 e. The average Bonchev–Trinajstić information content (AvgIpc) is 2.53. The van der Waals surface area contributed by atoms with E-state index in [1.807, 2.05) is 19.0 Å². The summed E-state index contributed by atoms with van der Waals surface area (Å²) in [5.41, 5.74) is -0.405. The van der Waals surface area contributed by atoms with Gasteiger partial charge in [-0.2, -0.15) is 13.2 Å². The van der Waals surface area contributed by atoms with Crippen molar-refractivity contribution >= 4 is 17.4 Å². The number of benzene rings is 1. The number of carbonyl (C=O) groups is 1. The number of alkyl halides is 3. The van der Waals surface area contributed by atoms with Crippen molar-refractivity contribution in [3.05, 3.63) is 47.4 Å². The summed E-state index contributed by atoms with van der Waals surface area (Å²) >= 11 is 0. The van der Waals surface area contributed by atoms with Crippen LogP contribution in [0.5, 0.6) is 0 Å². The highest BCUT2D eigenvalue weighted by molar-refractivity contribution is 5.93. The van der Waals surface area contributed by atoms with Crippen LogP contribution in [0.1, 0.15) is 21.9 Å². The highest BCUT2D eigenvalue weighted by Gasteiger charge is 2.30. The molecule has 0 unspecified atom stereocenters. The maximum Gasteiger partial charge on any atom is 0.416 e. The Morgan fingerprint density at radius 3 is 2.58 bits per heavy atom. The molecular weight excluding hydrogens is 347 g/mol. The van der Waals surface area contributed by atoms with Gasteiger partial charge in [-0.05, 0) is 39.2 Å². The first-order valence-corrected chi connectivity index (χ1v) is 7.88. The zero-order valence-electron chi connectivity index (χ0n) is 14.7. The van der Waals surface area contributed by atoms with E-state index in [9.17, 15) is 18.0 Å². The minimum atomic E-state index is -4.43. The van der Waals surface area contributed by atoms with Gasteiger partial charge in [-0.3, -0.25) is 4.79 Å². The Kier molecular flexibility index (Phi) is 6.14. The van der Waals surface area contributed by atoms with Gasteiger partial charge in [0, 0.05) is 24.8 Å². The second-order valence-electron chi connectivity index (χ2n) is 5.95. The molecule has 26 heavy (non-hydrogen) atoms. The summed E-state index contributed by atoms with van der Waals surface area (Å²) in [6.07, 6.45) is -4.43. The van der Waals surface area contributed by atoms with Crippen LogP contribution in [0.2, 0.25) is 0 Å². The Balaban J connectivity index is 2.16. The third kappa shape index (κ3) is 5.69. The summed E-state index contributed by atoms with van der Waals surface area (Å²) in [6, 6.07) is 6.16. The van der Waals surface area contributed by atoms with E-state index in [1.54, 1.807) is 6.92 Å². The minimum Gasteiger partial charge on any atom is -0.349 e. The van der Waals surface area contributed by atoms with E-state index < -0.39 is 11.7 Å². The van der Waals surface area contributed by atoms with Crippen LogP contribution >= 0.6 is 0 Å². The number of aryl methyl sites for hydroxylation is 1. The normalized spacial score (nSPS) is 11.5. The van der Waals surface area contributed by atoms with E-state index >= 15 is 0 Å². The predicted octanol–water partition coefficient (Wildman–Crippen LogP) is 2.84. The van der Waals surface area contributed by atoms with E-state index in [4.69, 9.17) is 0 Å². The molecule has 2 rings (SSSR count). The van der Waals surface area contributed by atoms with Gasteiger partial charge in [0.2, 0.25) is 0 Å². The van der Waals surface area contributed by atoms with Gasteiger partial charge in [0.1, 0.15) is 17.3 Å². The molecule has 2 aromatic rings. The molecule has 0 saturated carbocycles. The number of rotatable bonds is 6. The highest BCUT2D eigenvalue weighted by atomic mass is 19.4. The van der Waals surface area contributed by atoms with Crippen molar-refractivity contribution in [1.29, 1.82) is 0 Å². The molecule has 0 radical (unpaired) electrons. The van der Waals surface area contributed by atoms with Crippen LogP contribution in [0.15, 0.2) is 30.3 Å². The average molecular weight is 367 g/mol. The molecule has 1 heterocycles. The topological polar surface area (TPSA) is 70.2 Å². The third-order valence-corrected chi connectivity index (χ3v) is 3.38. The molecule has 0 spiro atoms. The Labute approximate surface area is 149 Å². The fourth-order valence-electron chi connectivity index (χ4n) is 2.15. The van der Waals surface area contributed by atoms with Crippen LogP contribution in [0, 0.1) is 6.92 Å². The Morgan fingerprint density at radius 1 is 1.19 bits per heavy atom. The van der Waals surface area contributed by atoms with Gasteiger partial charge >= 0.3 is 6.18 Å². The lowest BCUT2D eigenvalue weighted by molar-refractivity contribution is -0.137.